The molecule has 0 fully saturated rings. The molecule has 0 amide bonds. The second-order valence-electron chi connectivity index (χ2n) is 6.23. The molecular formula is C20H19BrN4. The molecule has 5 heteroatoms. The highest BCUT2D eigenvalue weighted by Gasteiger charge is 2.18. The van der Waals surface area contributed by atoms with Gasteiger partial charge in [0.15, 0.2) is 0 Å². The summed E-state index contributed by atoms with van der Waals surface area (Å²) in [5.74, 6) is 2.56. The van der Waals surface area contributed by atoms with Crippen LogP contribution in [0.4, 0.5) is 17.3 Å². The Hall–Kier alpha value is -2.40. The van der Waals surface area contributed by atoms with Crippen molar-refractivity contribution in [1.82, 2.24) is 9.97 Å². The van der Waals surface area contributed by atoms with Gasteiger partial charge < -0.3 is 10.2 Å². The third-order valence-electron chi connectivity index (χ3n) is 4.38. The van der Waals surface area contributed by atoms with E-state index >= 15 is 0 Å². The highest BCUT2D eigenvalue weighted by atomic mass is 79.9. The van der Waals surface area contributed by atoms with Crippen molar-refractivity contribution in [2.45, 2.75) is 19.9 Å². The molecule has 25 heavy (non-hydrogen) atoms. The lowest BCUT2D eigenvalue weighted by Crippen LogP contribution is -2.31. The zero-order valence-corrected chi connectivity index (χ0v) is 15.6. The van der Waals surface area contributed by atoms with Crippen LogP contribution in [0.3, 0.4) is 0 Å². The normalized spacial score (nSPS) is 13.4. The molecule has 0 aliphatic carbocycles. The smallest absolute Gasteiger partial charge is 0.136 e. The molecule has 2 aromatic carbocycles. The summed E-state index contributed by atoms with van der Waals surface area (Å²) in [4.78, 5) is 11.5. The Labute approximate surface area is 156 Å². The molecule has 0 saturated heterocycles. The number of aryl methyl sites for hydroxylation is 1. The number of hydrogen-bond donors (Lipinski definition) is 1. The molecule has 1 N–H and O–H groups in total. The van der Waals surface area contributed by atoms with Crippen LogP contribution in [-0.2, 0) is 13.0 Å². The van der Waals surface area contributed by atoms with Crippen molar-refractivity contribution >= 4 is 33.3 Å². The number of nitrogens with one attached hydrogen (secondary N) is 1. The lowest BCUT2D eigenvalue weighted by molar-refractivity contribution is 0.717. The number of fused-ring (bicyclic) bond motifs is 1. The first-order chi connectivity index (χ1) is 12.2. The SMILES string of the molecule is Cc1nc(Nc2cccc(Br)c2)cc(N2CCc3ccccc3C2)n1. The molecule has 4 rings (SSSR count). The summed E-state index contributed by atoms with van der Waals surface area (Å²) in [5.41, 5.74) is 3.82. The van der Waals surface area contributed by atoms with E-state index in [0.717, 1.165) is 47.1 Å². The molecule has 0 atom stereocenters. The Kier molecular flexibility index (Phi) is 4.40. The van der Waals surface area contributed by atoms with E-state index in [1.807, 2.05) is 37.3 Å². The number of nitrogens with zero attached hydrogens (tertiary/aromatic N) is 3. The maximum absolute atomic E-state index is 4.66. The van der Waals surface area contributed by atoms with Gasteiger partial charge in [0.25, 0.3) is 0 Å². The van der Waals surface area contributed by atoms with Gasteiger partial charge in [-0.1, -0.05) is 46.3 Å². The van der Waals surface area contributed by atoms with E-state index in [2.05, 4.69) is 60.4 Å². The summed E-state index contributed by atoms with van der Waals surface area (Å²) in [6, 6.07) is 18.7. The predicted octanol–water partition coefficient (Wildman–Crippen LogP) is 4.85. The Morgan fingerprint density at radius 2 is 1.84 bits per heavy atom. The first-order valence-corrected chi connectivity index (χ1v) is 9.17. The van der Waals surface area contributed by atoms with Crippen LogP contribution in [0.5, 0.6) is 0 Å². The Morgan fingerprint density at radius 1 is 1.00 bits per heavy atom. The number of rotatable bonds is 3. The monoisotopic (exact) mass is 394 g/mol. The largest absolute Gasteiger partial charge is 0.352 e. The molecular weight excluding hydrogens is 376 g/mol. The highest BCUT2D eigenvalue weighted by Crippen LogP contribution is 2.26. The quantitative estimate of drug-likeness (QED) is 0.688. The van der Waals surface area contributed by atoms with Crippen molar-refractivity contribution in [2.75, 3.05) is 16.8 Å². The topological polar surface area (TPSA) is 41.1 Å². The van der Waals surface area contributed by atoms with Gasteiger partial charge in [-0.15, -0.1) is 0 Å². The number of aromatic nitrogens is 2. The van der Waals surface area contributed by atoms with E-state index in [9.17, 15) is 0 Å². The van der Waals surface area contributed by atoms with Crippen molar-refractivity contribution in [3.63, 3.8) is 0 Å². The first-order valence-electron chi connectivity index (χ1n) is 8.37. The van der Waals surface area contributed by atoms with Crippen LogP contribution in [0, 0.1) is 6.92 Å². The average molecular weight is 395 g/mol. The maximum atomic E-state index is 4.66. The minimum absolute atomic E-state index is 0.772. The number of hydrogen-bond acceptors (Lipinski definition) is 4. The Balaban J connectivity index is 1.60. The number of benzene rings is 2. The van der Waals surface area contributed by atoms with Gasteiger partial charge in [-0.05, 0) is 42.7 Å². The fourth-order valence-electron chi connectivity index (χ4n) is 3.18. The summed E-state index contributed by atoms with van der Waals surface area (Å²) >= 11 is 3.50. The van der Waals surface area contributed by atoms with E-state index in [0.29, 0.717) is 0 Å². The van der Waals surface area contributed by atoms with E-state index < -0.39 is 0 Å². The van der Waals surface area contributed by atoms with Crippen molar-refractivity contribution in [3.8, 4) is 0 Å². The zero-order chi connectivity index (χ0) is 17.2. The van der Waals surface area contributed by atoms with Crippen molar-refractivity contribution < 1.29 is 0 Å². The second kappa shape index (κ2) is 6.84. The van der Waals surface area contributed by atoms with Crippen LogP contribution in [0.1, 0.15) is 17.0 Å². The molecule has 0 unspecified atom stereocenters. The van der Waals surface area contributed by atoms with Gasteiger partial charge in [-0.3, -0.25) is 0 Å². The molecule has 1 aromatic heterocycles. The van der Waals surface area contributed by atoms with Gasteiger partial charge in [0.05, 0.1) is 0 Å². The lowest BCUT2D eigenvalue weighted by atomic mass is 10.00. The Bertz CT molecular complexity index is 910. The first kappa shape index (κ1) is 16.1. The van der Waals surface area contributed by atoms with Gasteiger partial charge in [-0.25, -0.2) is 9.97 Å². The average Bonchev–Trinajstić information content (AvgIpc) is 2.61. The fourth-order valence-corrected chi connectivity index (χ4v) is 3.58. The summed E-state index contributed by atoms with van der Waals surface area (Å²) in [6.07, 6.45) is 1.05. The van der Waals surface area contributed by atoms with Crippen LogP contribution >= 0.6 is 15.9 Å². The number of anilines is 3. The molecule has 3 aromatic rings. The van der Waals surface area contributed by atoms with Gasteiger partial charge in [0.1, 0.15) is 17.5 Å². The van der Waals surface area contributed by atoms with Gasteiger partial charge in [-0.2, -0.15) is 0 Å². The van der Waals surface area contributed by atoms with Crippen molar-refractivity contribution in [2.24, 2.45) is 0 Å². The van der Waals surface area contributed by atoms with E-state index in [4.69, 9.17) is 0 Å². The lowest BCUT2D eigenvalue weighted by Gasteiger charge is -2.30. The third-order valence-corrected chi connectivity index (χ3v) is 4.87. The molecule has 0 saturated carbocycles. The molecule has 1 aliphatic heterocycles. The summed E-state index contributed by atoms with van der Waals surface area (Å²) in [7, 11) is 0. The fraction of sp³-hybridized carbons (Fsp3) is 0.200. The minimum Gasteiger partial charge on any atom is -0.352 e. The van der Waals surface area contributed by atoms with E-state index in [-0.39, 0.29) is 0 Å². The van der Waals surface area contributed by atoms with Crippen LogP contribution < -0.4 is 10.2 Å². The van der Waals surface area contributed by atoms with Crippen LogP contribution in [0.2, 0.25) is 0 Å². The molecule has 126 valence electrons. The maximum Gasteiger partial charge on any atom is 0.136 e. The van der Waals surface area contributed by atoms with E-state index in [1.54, 1.807) is 0 Å². The number of halogens is 1. The molecule has 0 radical (unpaired) electrons. The second-order valence-corrected chi connectivity index (χ2v) is 7.15. The zero-order valence-electron chi connectivity index (χ0n) is 14.0. The highest BCUT2D eigenvalue weighted by molar-refractivity contribution is 9.10. The molecule has 1 aliphatic rings. The Morgan fingerprint density at radius 3 is 2.68 bits per heavy atom. The van der Waals surface area contributed by atoms with Crippen LogP contribution in [0.15, 0.2) is 59.1 Å². The van der Waals surface area contributed by atoms with E-state index in [1.165, 1.54) is 11.1 Å². The van der Waals surface area contributed by atoms with Crippen LogP contribution in [-0.4, -0.2) is 16.5 Å². The summed E-state index contributed by atoms with van der Waals surface area (Å²) in [6.45, 7) is 3.81. The molecule has 2 heterocycles. The van der Waals surface area contributed by atoms with Gasteiger partial charge in [0, 0.05) is 29.3 Å². The summed E-state index contributed by atoms with van der Waals surface area (Å²) in [5, 5.41) is 3.38. The predicted molar refractivity (Wildman–Crippen MR) is 105 cm³/mol. The van der Waals surface area contributed by atoms with Crippen LogP contribution in [0.25, 0.3) is 0 Å². The van der Waals surface area contributed by atoms with Gasteiger partial charge in [0.2, 0.25) is 0 Å². The standard InChI is InChI=1S/C20H19BrN4/c1-14-22-19(24-18-8-4-7-17(21)11-18)12-20(23-14)25-10-9-15-5-2-3-6-16(15)13-25/h2-8,11-12H,9-10,13H2,1H3,(H,22,23,24). The molecule has 4 nitrogen and oxygen atoms in total. The molecule has 0 spiro atoms. The van der Waals surface area contributed by atoms with Gasteiger partial charge >= 0.3 is 0 Å². The molecule has 0 bridgehead atoms. The third kappa shape index (κ3) is 3.66. The summed E-state index contributed by atoms with van der Waals surface area (Å²) < 4.78 is 1.04. The minimum atomic E-state index is 0.772. The van der Waals surface area contributed by atoms with Crippen molar-refractivity contribution in [3.05, 3.63) is 76.0 Å². The van der Waals surface area contributed by atoms with Crippen molar-refractivity contribution in [1.29, 1.82) is 0 Å².